The lowest BCUT2D eigenvalue weighted by Crippen LogP contribution is -2.17. The van der Waals surface area contributed by atoms with E-state index >= 15 is 0 Å². The van der Waals surface area contributed by atoms with Crippen molar-refractivity contribution in [3.05, 3.63) is 57.9 Å². The second-order valence-electron chi connectivity index (χ2n) is 4.48. The largest absolute Gasteiger partial charge is 0.296 e. The zero-order valence-electron chi connectivity index (χ0n) is 10.7. The van der Waals surface area contributed by atoms with Crippen LogP contribution in [0.3, 0.4) is 0 Å². The molecular weight excluding hydrogens is 258 g/mol. The van der Waals surface area contributed by atoms with E-state index < -0.39 is 0 Å². The van der Waals surface area contributed by atoms with E-state index in [1.807, 2.05) is 19.1 Å². The molecule has 0 aliphatic carbocycles. The molecule has 0 aromatic carbocycles. The van der Waals surface area contributed by atoms with Crippen LogP contribution >= 0.6 is 0 Å². The summed E-state index contributed by atoms with van der Waals surface area (Å²) in [7, 11) is 0. The van der Waals surface area contributed by atoms with Gasteiger partial charge in [-0.15, -0.1) is 5.10 Å². The van der Waals surface area contributed by atoms with Crippen LogP contribution in [0.2, 0.25) is 0 Å². The van der Waals surface area contributed by atoms with E-state index in [1.54, 1.807) is 6.20 Å². The molecule has 0 aliphatic heterocycles. The summed E-state index contributed by atoms with van der Waals surface area (Å²) in [6.07, 6.45) is 3.83. The Labute approximate surface area is 113 Å². The number of carbonyl (C=O) groups excluding carboxylic acids is 1. The maximum Gasteiger partial charge on any atom is 0.258 e. The van der Waals surface area contributed by atoms with Gasteiger partial charge in [0.1, 0.15) is 11.3 Å². The van der Waals surface area contributed by atoms with Gasteiger partial charge in [-0.05, 0) is 24.6 Å². The number of rotatable bonds is 3. The average Bonchev–Trinajstić information content (AvgIpc) is 2.85. The SMILES string of the molecule is Cc1ccn2c(=O)cc(Cn3cc(C=O)nn3)nc2c1. The molecule has 7 nitrogen and oxygen atoms in total. The van der Waals surface area contributed by atoms with E-state index in [0.717, 1.165) is 5.56 Å². The third kappa shape index (κ3) is 2.20. The minimum absolute atomic E-state index is 0.152. The Morgan fingerprint density at radius 1 is 1.35 bits per heavy atom. The fourth-order valence-corrected chi connectivity index (χ4v) is 1.95. The number of hydrogen-bond acceptors (Lipinski definition) is 5. The average molecular weight is 269 g/mol. The van der Waals surface area contributed by atoms with Crippen molar-refractivity contribution in [3.8, 4) is 0 Å². The number of aromatic nitrogens is 5. The highest BCUT2D eigenvalue weighted by atomic mass is 16.1. The minimum atomic E-state index is -0.152. The zero-order chi connectivity index (χ0) is 14.1. The van der Waals surface area contributed by atoms with Crippen LogP contribution < -0.4 is 5.56 Å². The van der Waals surface area contributed by atoms with E-state index in [2.05, 4.69) is 15.3 Å². The number of aldehydes is 1. The van der Waals surface area contributed by atoms with Crippen molar-refractivity contribution < 1.29 is 4.79 Å². The quantitative estimate of drug-likeness (QED) is 0.645. The van der Waals surface area contributed by atoms with E-state index in [4.69, 9.17) is 0 Å². The second-order valence-corrected chi connectivity index (χ2v) is 4.48. The monoisotopic (exact) mass is 269 g/mol. The lowest BCUT2D eigenvalue weighted by atomic mass is 10.3. The van der Waals surface area contributed by atoms with Crippen LogP contribution in [0.4, 0.5) is 0 Å². The van der Waals surface area contributed by atoms with Crippen LogP contribution in [0.5, 0.6) is 0 Å². The van der Waals surface area contributed by atoms with Gasteiger partial charge in [0.25, 0.3) is 5.56 Å². The summed E-state index contributed by atoms with van der Waals surface area (Å²) in [4.78, 5) is 27.0. The third-order valence-electron chi connectivity index (χ3n) is 2.88. The molecule has 0 bridgehead atoms. The standard InChI is InChI=1S/C13H11N5O2/c1-9-2-3-18-12(4-9)14-10(5-13(18)20)6-17-7-11(8-19)15-16-17/h2-5,7-8H,6H2,1H3. The maximum absolute atomic E-state index is 12.0. The Balaban J connectivity index is 2.03. The van der Waals surface area contributed by atoms with E-state index in [-0.39, 0.29) is 11.3 Å². The van der Waals surface area contributed by atoms with Crippen LogP contribution in [0, 0.1) is 6.92 Å². The highest BCUT2D eigenvalue weighted by Crippen LogP contribution is 2.04. The molecule has 7 heteroatoms. The van der Waals surface area contributed by atoms with Gasteiger partial charge in [0, 0.05) is 12.3 Å². The summed E-state index contributed by atoms with van der Waals surface area (Å²) in [5, 5.41) is 7.46. The van der Waals surface area contributed by atoms with Gasteiger partial charge in [-0.25, -0.2) is 9.67 Å². The van der Waals surface area contributed by atoms with Crippen molar-refractivity contribution >= 4 is 11.9 Å². The Hall–Kier alpha value is -2.83. The van der Waals surface area contributed by atoms with Crippen LogP contribution in [0.25, 0.3) is 5.65 Å². The third-order valence-corrected chi connectivity index (χ3v) is 2.88. The molecule has 0 atom stereocenters. The summed E-state index contributed by atoms with van der Waals surface area (Å²) in [5.74, 6) is 0. The van der Waals surface area contributed by atoms with E-state index in [9.17, 15) is 9.59 Å². The Kier molecular flexibility index (Phi) is 2.86. The summed E-state index contributed by atoms with van der Waals surface area (Å²) in [5.41, 5.74) is 2.28. The molecule has 3 aromatic heterocycles. The molecule has 0 saturated carbocycles. The van der Waals surface area contributed by atoms with Gasteiger partial charge in [0.15, 0.2) is 6.29 Å². The minimum Gasteiger partial charge on any atom is -0.296 e. The van der Waals surface area contributed by atoms with Crippen LogP contribution in [-0.4, -0.2) is 30.7 Å². The van der Waals surface area contributed by atoms with Crippen LogP contribution in [-0.2, 0) is 6.54 Å². The van der Waals surface area contributed by atoms with Gasteiger partial charge in [0.2, 0.25) is 0 Å². The molecular formula is C13H11N5O2. The van der Waals surface area contributed by atoms with Gasteiger partial charge in [-0.2, -0.15) is 0 Å². The van der Waals surface area contributed by atoms with Crippen LogP contribution in [0.15, 0.2) is 35.4 Å². The lowest BCUT2D eigenvalue weighted by Gasteiger charge is -2.04. The summed E-state index contributed by atoms with van der Waals surface area (Å²) in [6, 6.07) is 5.14. The first-order valence-corrected chi connectivity index (χ1v) is 6.00. The van der Waals surface area contributed by atoms with Crippen molar-refractivity contribution in [2.75, 3.05) is 0 Å². The fraction of sp³-hybridized carbons (Fsp3) is 0.154. The zero-order valence-corrected chi connectivity index (χ0v) is 10.7. The van der Waals surface area contributed by atoms with Crippen molar-refractivity contribution in [2.45, 2.75) is 13.5 Å². The van der Waals surface area contributed by atoms with E-state index in [0.29, 0.717) is 24.2 Å². The number of fused-ring (bicyclic) bond motifs is 1. The van der Waals surface area contributed by atoms with Crippen molar-refractivity contribution in [1.82, 2.24) is 24.4 Å². The maximum atomic E-state index is 12.0. The molecule has 0 radical (unpaired) electrons. The Morgan fingerprint density at radius 2 is 2.20 bits per heavy atom. The summed E-state index contributed by atoms with van der Waals surface area (Å²) < 4.78 is 2.95. The molecule has 3 rings (SSSR count). The highest BCUT2D eigenvalue weighted by molar-refractivity contribution is 5.70. The molecule has 20 heavy (non-hydrogen) atoms. The van der Waals surface area contributed by atoms with Crippen molar-refractivity contribution in [2.24, 2.45) is 0 Å². The predicted octanol–water partition coefficient (Wildman–Crippen LogP) is 0.455. The number of nitrogens with zero attached hydrogens (tertiary/aromatic N) is 5. The van der Waals surface area contributed by atoms with E-state index in [1.165, 1.54) is 21.3 Å². The normalized spacial score (nSPS) is 10.8. The first kappa shape index (κ1) is 12.2. The topological polar surface area (TPSA) is 82.2 Å². The van der Waals surface area contributed by atoms with Gasteiger partial charge in [0.05, 0.1) is 18.4 Å². The summed E-state index contributed by atoms with van der Waals surface area (Å²) in [6.45, 7) is 2.23. The number of pyridine rings is 1. The molecule has 3 aromatic rings. The molecule has 100 valence electrons. The first-order valence-electron chi connectivity index (χ1n) is 6.00. The molecule has 0 fully saturated rings. The number of hydrogen-bond donors (Lipinski definition) is 0. The first-order chi connectivity index (χ1) is 9.65. The molecule has 0 saturated heterocycles. The molecule has 0 aliphatic rings. The van der Waals surface area contributed by atoms with Gasteiger partial charge in [-0.3, -0.25) is 14.0 Å². The molecule has 0 amide bonds. The summed E-state index contributed by atoms with van der Waals surface area (Å²) >= 11 is 0. The smallest absolute Gasteiger partial charge is 0.258 e. The molecule has 0 N–H and O–H groups in total. The molecule has 3 heterocycles. The Morgan fingerprint density at radius 3 is 2.95 bits per heavy atom. The predicted molar refractivity (Wildman–Crippen MR) is 70.7 cm³/mol. The van der Waals surface area contributed by atoms with Gasteiger partial charge >= 0.3 is 0 Å². The lowest BCUT2D eigenvalue weighted by molar-refractivity contribution is 0.111. The van der Waals surface area contributed by atoms with Crippen LogP contribution in [0.1, 0.15) is 21.7 Å². The molecule has 0 unspecified atom stereocenters. The second kappa shape index (κ2) is 4.69. The number of carbonyl (C=O) groups is 1. The van der Waals surface area contributed by atoms with Gasteiger partial charge in [-0.1, -0.05) is 5.21 Å². The number of aryl methyl sites for hydroxylation is 1. The van der Waals surface area contributed by atoms with Crippen molar-refractivity contribution in [3.63, 3.8) is 0 Å². The molecule has 0 spiro atoms. The highest BCUT2D eigenvalue weighted by Gasteiger charge is 2.05. The van der Waals surface area contributed by atoms with Crippen molar-refractivity contribution in [1.29, 1.82) is 0 Å². The fourth-order valence-electron chi connectivity index (χ4n) is 1.95. The van der Waals surface area contributed by atoms with Gasteiger partial charge < -0.3 is 0 Å². The Bertz CT molecular complexity index is 849.